The van der Waals surface area contributed by atoms with E-state index in [0.717, 1.165) is 16.7 Å². The first-order chi connectivity index (χ1) is 16.7. The maximum Gasteiger partial charge on any atom is 0.275 e. The molecule has 0 atom stereocenters. The van der Waals surface area contributed by atoms with Gasteiger partial charge in [0.15, 0.2) is 0 Å². The van der Waals surface area contributed by atoms with E-state index in [2.05, 4.69) is 10.5 Å². The third-order valence-electron chi connectivity index (χ3n) is 4.97. The van der Waals surface area contributed by atoms with Crippen molar-refractivity contribution in [3.05, 3.63) is 130 Å². The van der Waals surface area contributed by atoms with E-state index >= 15 is 0 Å². The fraction of sp³-hybridized carbons (Fsp3) is 0.0714. The van der Waals surface area contributed by atoms with Crippen LogP contribution in [0.2, 0.25) is 5.02 Å². The molecule has 1 amide bonds. The zero-order chi connectivity index (χ0) is 23.6. The minimum atomic E-state index is -0.362. The van der Waals surface area contributed by atoms with Crippen LogP contribution in [0, 0.1) is 0 Å². The molecule has 34 heavy (non-hydrogen) atoms. The van der Waals surface area contributed by atoms with Gasteiger partial charge in [-0.05, 0) is 47.5 Å². The highest BCUT2D eigenvalue weighted by Crippen LogP contribution is 2.20. The monoisotopic (exact) mass is 470 g/mol. The Kier molecular flexibility index (Phi) is 7.93. The SMILES string of the molecule is O=C(N/N=C\c1ccccc1OCc1ccc(Cl)cc1)c1ccccc1OCc1ccccc1. The number of amides is 1. The van der Waals surface area contributed by atoms with Crippen molar-refractivity contribution < 1.29 is 14.3 Å². The van der Waals surface area contributed by atoms with Gasteiger partial charge in [-0.25, -0.2) is 5.43 Å². The molecule has 0 bridgehead atoms. The number of ether oxygens (including phenoxy) is 2. The quantitative estimate of drug-likeness (QED) is 0.232. The van der Waals surface area contributed by atoms with Crippen LogP contribution in [-0.2, 0) is 13.2 Å². The zero-order valence-electron chi connectivity index (χ0n) is 18.4. The standard InChI is InChI=1S/C28H23ClN2O3/c29-24-16-14-22(15-17-24)20-33-26-12-6-4-10-23(26)18-30-31-28(32)25-11-5-7-13-27(25)34-19-21-8-2-1-3-9-21/h1-18H,19-20H2,(H,31,32)/b30-18-. The average molecular weight is 471 g/mol. The lowest BCUT2D eigenvalue weighted by Crippen LogP contribution is -2.18. The third-order valence-corrected chi connectivity index (χ3v) is 5.22. The first kappa shape index (κ1) is 23.1. The Morgan fingerprint density at radius 1 is 0.735 bits per heavy atom. The molecule has 0 aliphatic rings. The second-order valence-electron chi connectivity index (χ2n) is 7.42. The minimum Gasteiger partial charge on any atom is -0.488 e. The largest absolute Gasteiger partial charge is 0.488 e. The summed E-state index contributed by atoms with van der Waals surface area (Å²) in [4.78, 5) is 12.7. The van der Waals surface area contributed by atoms with Gasteiger partial charge >= 0.3 is 0 Å². The van der Waals surface area contributed by atoms with Gasteiger partial charge in [-0.1, -0.05) is 78.3 Å². The summed E-state index contributed by atoms with van der Waals surface area (Å²) in [5.74, 6) is 0.785. The second kappa shape index (κ2) is 11.7. The Bertz CT molecular complexity index is 1260. The smallest absolute Gasteiger partial charge is 0.275 e. The summed E-state index contributed by atoms with van der Waals surface area (Å²) in [7, 11) is 0. The van der Waals surface area contributed by atoms with Crippen molar-refractivity contribution in [1.82, 2.24) is 5.43 Å². The van der Waals surface area contributed by atoms with Crippen LogP contribution in [0.3, 0.4) is 0 Å². The van der Waals surface area contributed by atoms with Gasteiger partial charge in [-0.2, -0.15) is 5.10 Å². The molecule has 0 saturated carbocycles. The Morgan fingerprint density at radius 2 is 1.32 bits per heavy atom. The van der Waals surface area contributed by atoms with Crippen LogP contribution in [0.5, 0.6) is 11.5 Å². The van der Waals surface area contributed by atoms with Crippen LogP contribution in [0.25, 0.3) is 0 Å². The summed E-state index contributed by atoms with van der Waals surface area (Å²) in [5.41, 5.74) is 5.74. The molecular weight excluding hydrogens is 448 g/mol. The summed E-state index contributed by atoms with van der Waals surface area (Å²) in [6.45, 7) is 0.757. The van der Waals surface area contributed by atoms with Crippen LogP contribution in [-0.4, -0.2) is 12.1 Å². The van der Waals surface area contributed by atoms with E-state index in [0.29, 0.717) is 35.3 Å². The van der Waals surface area contributed by atoms with Gasteiger partial charge in [0.25, 0.3) is 5.91 Å². The zero-order valence-corrected chi connectivity index (χ0v) is 19.1. The lowest BCUT2D eigenvalue weighted by atomic mass is 10.2. The molecule has 6 heteroatoms. The molecule has 1 N–H and O–H groups in total. The normalized spacial score (nSPS) is 10.7. The third kappa shape index (κ3) is 6.47. The Morgan fingerprint density at radius 3 is 2.09 bits per heavy atom. The van der Waals surface area contributed by atoms with Crippen molar-refractivity contribution in [3.63, 3.8) is 0 Å². The molecule has 4 aromatic carbocycles. The first-order valence-corrected chi connectivity index (χ1v) is 11.1. The number of halogens is 1. The van der Waals surface area contributed by atoms with Crippen LogP contribution < -0.4 is 14.9 Å². The predicted molar refractivity (Wildman–Crippen MR) is 135 cm³/mol. The van der Waals surface area contributed by atoms with Gasteiger partial charge in [-0.3, -0.25) is 4.79 Å². The van der Waals surface area contributed by atoms with E-state index < -0.39 is 0 Å². The Hall–Kier alpha value is -4.09. The molecule has 4 aromatic rings. The van der Waals surface area contributed by atoms with E-state index in [9.17, 15) is 4.79 Å². The van der Waals surface area contributed by atoms with Crippen molar-refractivity contribution >= 4 is 23.7 Å². The Labute approximate surface area is 203 Å². The van der Waals surface area contributed by atoms with Crippen molar-refractivity contribution in [2.45, 2.75) is 13.2 Å². The molecule has 0 unspecified atom stereocenters. The number of hydrazone groups is 1. The van der Waals surface area contributed by atoms with E-state index in [1.165, 1.54) is 0 Å². The first-order valence-electron chi connectivity index (χ1n) is 10.7. The maximum absolute atomic E-state index is 12.7. The van der Waals surface area contributed by atoms with Crippen molar-refractivity contribution in [3.8, 4) is 11.5 Å². The molecule has 0 aliphatic heterocycles. The van der Waals surface area contributed by atoms with Crippen LogP contribution in [0.15, 0.2) is 108 Å². The molecule has 170 valence electrons. The van der Waals surface area contributed by atoms with Crippen molar-refractivity contribution in [2.24, 2.45) is 5.10 Å². The topological polar surface area (TPSA) is 59.9 Å². The van der Waals surface area contributed by atoms with Crippen LogP contribution in [0.4, 0.5) is 0 Å². The summed E-state index contributed by atoms with van der Waals surface area (Å²) in [5, 5.41) is 4.81. The summed E-state index contributed by atoms with van der Waals surface area (Å²) in [6.07, 6.45) is 1.56. The fourth-order valence-electron chi connectivity index (χ4n) is 3.20. The number of nitrogens with one attached hydrogen (secondary N) is 1. The Balaban J connectivity index is 1.38. The van der Waals surface area contributed by atoms with E-state index in [1.807, 2.05) is 84.9 Å². The highest BCUT2D eigenvalue weighted by Gasteiger charge is 2.11. The molecular formula is C28H23ClN2O3. The second-order valence-corrected chi connectivity index (χ2v) is 7.86. The summed E-state index contributed by atoms with van der Waals surface area (Å²) in [6, 6.07) is 31.8. The van der Waals surface area contributed by atoms with Gasteiger partial charge in [0, 0.05) is 10.6 Å². The van der Waals surface area contributed by atoms with Crippen LogP contribution >= 0.6 is 11.6 Å². The number of rotatable bonds is 9. The minimum absolute atomic E-state index is 0.362. The molecule has 0 aliphatic carbocycles. The molecule has 0 fully saturated rings. The average Bonchev–Trinajstić information content (AvgIpc) is 2.88. The number of benzene rings is 4. The van der Waals surface area contributed by atoms with E-state index in [4.69, 9.17) is 21.1 Å². The molecule has 4 rings (SSSR count). The number of hydrogen-bond acceptors (Lipinski definition) is 4. The lowest BCUT2D eigenvalue weighted by Gasteiger charge is -2.11. The molecule has 5 nitrogen and oxygen atoms in total. The number of carbonyl (C=O) groups is 1. The van der Waals surface area contributed by atoms with Gasteiger partial charge in [0.2, 0.25) is 0 Å². The maximum atomic E-state index is 12.7. The highest BCUT2D eigenvalue weighted by atomic mass is 35.5. The van der Waals surface area contributed by atoms with Gasteiger partial charge in [0.1, 0.15) is 24.7 Å². The van der Waals surface area contributed by atoms with Crippen molar-refractivity contribution in [1.29, 1.82) is 0 Å². The molecule has 0 spiro atoms. The summed E-state index contributed by atoms with van der Waals surface area (Å²) < 4.78 is 11.8. The highest BCUT2D eigenvalue weighted by molar-refractivity contribution is 6.30. The van der Waals surface area contributed by atoms with E-state index in [-0.39, 0.29) is 5.91 Å². The van der Waals surface area contributed by atoms with E-state index in [1.54, 1.807) is 24.4 Å². The predicted octanol–water partition coefficient (Wildman–Crippen LogP) is 6.26. The van der Waals surface area contributed by atoms with Crippen molar-refractivity contribution in [2.75, 3.05) is 0 Å². The van der Waals surface area contributed by atoms with Gasteiger partial charge < -0.3 is 9.47 Å². The number of carbonyl (C=O) groups excluding carboxylic acids is 1. The molecule has 0 radical (unpaired) electrons. The number of nitrogens with zero attached hydrogens (tertiary/aromatic N) is 1. The lowest BCUT2D eigenvalue weighted by molar-refractivity contribution is 0.0950. The number of hydrogen-bond donors (Lipinski definition) is 1. The molecule has 0 aromatic heterocycles. The molecule has 0 saturated heterocycles. The summed E-state index contributed by atoms with van der Waals surface area (Å²) >= 11 is 5.94. The number of para-hydroxylation sites is 2. The fourth-order valence-corrected chi connectivity index (χ4v) is 3.32. The van der Waals surface area contributed by atoms with Gasteiger partial charge in [-0.15, -0.1) is 0 Å². The van der Waals surface area contributed by atoms with Crippen LogP contribution in [0.1, 0.15) is 27.0 Å². The molecule has 0 heterocycles. The van der Waals surface area contributed by atoms with Gasteiger partial charge in [0.05, 0.1) is 11.8 Å².